The van der Waals surface area contributed by atoms with Gasteiger partial charge in [-0.3, -0.25) is 0 Å². The van der Waals surface area contributed by atoms with Crippen LogP contribution in [0.15, 0.2) is 22.2 Å². The molecular formula is C9H15NS. The summed E-state index contributed by atoms with van der Waals surface area (Å²) >= 11 is 1.85. The molecule has 1 heterocycles. The number of allylic oxidation sites excluding steroid dienone is 2. The van der Waals surface area contributed by atoms with Crippen LogP contribution in [0.25, 0.3) is 0 Å². The van der Waals surface area contributed by atoms with Crippen molar-refractivity contribution in [2.45, 2.75) is 33.1 Å². The Labute approximate surface area is 72.9 Å². The fourth-order valence-electron chi connectivity index (χ4n) is 1.03. The van der Waals surface area contributed by atoms with Crippen LogP contribution in [0.3, 0.4) is 0 Å². The Morgan fingerprint density at radius 3 is 3.00 bits per heavy atom. The number of unbranched alkanes of at least 4 members (excludes halogenated alkanes) is 1. The molecule has 0 radical (unpaired) electrons. The fourth-order valence-corrected chi connectivity index (χ4v) is 1.83. The van der Waals surface area contributed by atoms with Gasteiger partial charge in [-0.05, 0) is 25.2 Å². The first-order chi connectivity index (χ1) is 5.34. The number of rotatable bonds is 3. The van der Waals surface area contributed by atoms with Crippen LogP contribution < -0.4 is 5.32 Å². The highest BCUT2D eigenvalue weighted by Crippen LogP contribution is 2.27. The third-order valence-corrected chi connectivity index (χ3v) is 2.82. The Morgan fingerprint density at radius 1 is 1.55 bits per heavy atom. The molecule has 0 fully saturated rings. The Hall–Kier alpha value is -0.370. The first kappa shape index (κ1) is 8.72. The number of nitrogens with one attached hydrogen (secondary N) is 1. The second-order valence-electron chi connectivity index (χ2n) is 2.72. The molecular weight excluding hydrogens is 154 g/mol. The van der Waals surface area contributed by atoms with Gasteiger partial charge in [0, 0.05) is 16.8 Å². The second kappa shape index (κ2) is 4.50. The summed E-state index contributed by atoms with van der Waals surface area (Å²) in [5.74, 6) is 0. The van der Waals surface area contributed by atoms with E-state index in [0.717, 1.165) is 0 Å². The maximum atomic E-state index is 3.22. The van der Waals surface area contributed by atoms with E-state index in [1.807, 2.05) is 18.0 Å². The molecule has 2 heteroatoms. The zero-order valence-corrected chi connectivity index (χ0v) is 8.00. The minimum absolute atomic E-state index is 1.23. The lowest BCUT2D eigenvalue weighted by Crippen LogP contribution is -2.06. The van der Waals surface area contributed by atoms with Gasteiger partial charge in [0.05, 0.1) is 0 Å². The van der Waals surface area contributed by atoms with E-state index >= 15 is 0 Å². The highest BCUT2D eigenvalue weighted by atomic mass is 32.2. The number of hydrogen-bond acceptors (Lipinski definition) is 2. The summed E-state index contributed by atoms with van der Waals surface area (Å²) in [5.41, 5.74) is 1.32. The summed E-state index contributed by atoms with van der Waals surface area (Å²) in [6, 6.07) is 0. The number of hydrogen-bond donors (Lipinski definition) is 1. The molecule has 0 spiro atoms. The first-order valence-electron chi connectivity index (χ1n) is 4.12. The summed E-state index contributed by atoms with van der Waals surface area (Å²) in [6.45, 7) is 4.37. The van der Waals surface area contributed by atoms with Crippen LogP contribution in [0.2, 0.25) is 0 Å². The molecule has 0 aliphatic carbocycles. The Balaban J connectivity index is 2.41. The van der Waals surface area contributed by atoms with Crippen LogP contribution in [0.4, 0.5) is 0 Å². The Kier molecular flexibility index (Phi) is 3.57. The minimum atomic E-state index is 1.23. The van der Waals surface area contributed by atoms with E-state index in [2.05, 4.69) is 24.6 Å². The van der Waals surface area contributed by atoms with Crippen LogP contribution in [0.1, 0.15) is 33.1 Å². The average Bonchev–Trinajstić information content (AvgIpc) is 2.03. The van der Waals surface area contributed by atoms with Crippen molar-refractivity contribution in [3.8, 4) is 0 Å². The molecule has 0 aromatic heterocycles. The third-order valence-electron chi connectivity index (χ3n) is 1.75. The van der Waals surface area contributed by atoms with E-state index in [1.54, 1.807) is 0 Å². The molecule has 0 unspecified atom stereocenters. The SMILES string of the molecule is CCCCC1=C(C)NC=CS1. The molecule has 0 saturated heterocycles. The van der Waals surface area contributed by atoms with Crippen LogP contribution >= 0.6 is 11.8 Å². The van der Waals surface area contributed by atoms with E-state index in [1.165, 1.54) is 29.9 Å². The molecule has 1 aliphatic heterocycles. The van der Waals surface area contributed by atoms with Crippen molar-refractivity contribution in [2.24, 2.45) is 0 Å². The molecule has 1 nitrogen and oxygen atoms in total. The lowest BCUT2D eigenvalue weighted by atomic mass is 10.2. The predicted octanol–water partition coefficient (Wildman–Crippen LogP) is 3.22. The maximum Gasteiger partial charge on any atom is 0.0215 e. The van der Waals surface area contributed by atoms with E-state index < -0.39 is 0 Å². The summed E-state index contributed by atoms with van der Waals surface area (Å²) in [7, 11) is 0. The van der Waals surface area contributed by atoms with Crippen molar-refractivity contribution in [1.29, 1.82) is 0 Å². The molecule has 11 heavy (non-hydrogen) atoms. The zero-order chi connectivity index (χ0) is 8.10. The van der Waals surface area contributed by atoms with Crippen molar-refractivity contribution in [2.75, 3.05) is 0 Å². The minimum Gasteiger partial charge on any atom is -0.364 e. The van der Waals surface area contributed by atoms with Gasteiger partial charge in [-0.1, -0.05) is 25.1 Å². The monoisotopic (exact) mass is 169 g/mol. The zero-order valence-electron chi connectivity index (χ0n) is 7.18. The summed E-state index contributed by atoms with van der Waals surface area (Å²) < 4.78 is 0. The smallest absolute Gasteiger partial charge is 0.0215 e. The Bertz CT molecular complexity index is 182. The van der Waals surface area contributed by atoms with E-state index in [4.69, 9.17) is 0 Å². The molecule has 0 bridgehead atoms. The van der Waals surface area contributed by atoms with Gasteiger partial charge in [0.15, 0.2) is 0 Å². The number of thioether (sulfide) groups is 1. The van der Waals surface area contributed by atoms with Crippen molar-refractivity contribution < 1.29 is 0 Å². The molecule has 1 aliphatic rings. The largest absolute Gasteiger partial charge is 0.364 e. The molecule has 0 aromatic carbocycles. The Morgan fingerprint density at radius 2 is 2.36 bits per heavy atom. The molecule has 0 saturated carbocycles. The maximum absolute atomic E-state index is 3.22. The van der Waals surface area contributed by atoms with Crippen molar-refractivity contribution >= 4 is 11.8 Å². The quantitative estimate of drug-likeness (QED) is 0.696. The van der Waals surface area contributed by atoms with Gasteiger partial charge in [-0.2, -0.15) is 0 Å². The standard InChI is InChI=1S/C9H15NS/c1-3-4-5-9-8(2)10-6-7-11-9/h6-7,10H,3-5H2,1-2H3. The van der Waals surface area contributed by atoms with Crippen LogP contribution in [-0.4, -0.2) is 0 Å². The van der Waals surface area contributed by atoms with Gasteiger partial charge in [0.1, 0.15) is 0 Å². The van der Waals surface area contributed by atoms with Crippen LogP contribution in [0, 0.1) is 0 Å². The second-order valence-corrected chi connectivity index (χ2v) is 3.72. The van der Waals surface area contributed by atoms with Gasteiger partial charge in [0.25, 0.3) is 0 Å². The van der Waals surface area contributed by atoms with Gasteiger partial charge >= 0.3 is 0 Å². The molecule has 1 rings (SSSR count). The van der Waals surface area contributed by atoms with Gasteiger partial charge in [-0.15, -0.1) is 0 Å². The molecule has 1 N–H and O–H groups in total. The predicted molar refractivity (Wildman–Crippen MR) is 52.1 cm³/mol. The van der Waals surface area contributed by atoms with Gasteiger partial charge < -0.3 is 5.32 Å². The van der Waals surface area contributed by atoms with Crippen molar-refractivity contribution in [3.63, 3.8) is 0 Å². The lowest BCUT2D eigenvalue weighted by Gasteiger charge is -2.13. The molecule has 62 valence electrons. The summed E-state index contributed by atoms with van der Waals surface area (Å²) in [6.07, 6.45) is 5.80. The molecule has 0 aromatic rings. The topological polar surface area (TPSA) is 12.0 Å². The summed E-state index contributed by atoms with van der Waals surface area (Å²) in [4.78, 5) is 1.49. The highest BCUT2D eigenvalue weighted by Gasteiger charge is 2.03. The molecule has 0 amide bonds. The fraction of sp³-hybridized carbons (Fsp3) is 0.556. The third kappa shape index (κ3) is 2.62. The first-order valence-corrected chi connectivity index (χ1v) is 5.00. The summed E-state index contributed by atoms with van der Waals surface area (Å²) in [5, 5.41) is 5.33. The van der Waals surface area contributed by atoms with Gasteiger partial charge in [0.2, 0.25) is 0 Å². The van der Waals surface area contributed by atoms with Crippen molar-refractivity contribution in [1.82, 2.24) is 5.32 Å². The average molecular weight is 169 g/mol. The van der Waals surface area contributed by atoms with E-state index in [-0.39, 0.29) is 0 Å². The molecule has 0 atom stereocenters. The normalized spacial score (nSPS) is 16.9. The lowest BCUT2D eigenvalue weighted by molar-refractivity contribution is 0.797. The van der Waals surface area contributed by atoms with Crippen LogP contribution in [0.5, 0.6) is 0 Å². The highest BCUT2D eigenvalue weighted by molar-refractivity contribution is 8.05. The van der Waals surface area contributed by atoms with E-state index in [0.29, 0.717) is 0 Å². The van der Waals surface area contributed by atoms with Gasteiger partial charge in [-0.25, -0.2) is 0 Å². The van der Waals surface area contributed by atoms with E-state index in [9.17, 15) is 0 Å². The van der Waals surface area contributed by atoms with Crippen LogP contribution in [-0.2, 0) is 0 Å². The van der Waals surface area contributed by atoms with Crippen molar-refractivity contribution in [3.05, 3.63) is 22.2 Å².